The predicted molar refractivity (Wildman–Crippen MR) is 140 cm³/mol. The predicted octanol–water partition coefficient (Wildman–Crippen LogP) is 10.0. The highest BCUT2D eigenvalue weighted by Crippen LogP contribution is 2.38. The number of hydrogen-bond donors (Lipinski definition) is 0. The van der Waals surface area contributed by atoms with E-state index in [1.807, 2.05) is 0 Å². The Morgan fingerprint density at radius 1 is 0.419 bits per heavy atom. The summed E-state index contributed by atoms with van der Waals surface area (Å²) in [6.07, 6.45) is 1.04. The average molecular weight is 421 g/mol. The molecule has 0 aliphatic heterocycles. The molecular weight excluding hydrogens is 372 g/mol. The second-order valence-electron chi connectivity index (χ2n) is 11.5. The monoisotopic (exact) mass is 420 g/mol. The molecule has 0 heteroatoms. The summed E-state index contributed by atoms with van der Waals surface area (Å²) >= 11 is 0. The van der Waals surface area contributed by atoms with Crippen LogP contribution in [0.5, 0.6) is 0 Å². The second-order valence-corrected chi connectivity index (χ2v) is 11.5. The highest BCUT2D eigenvalue weighted by molar-refractivity contribution is 5.50. The summed E-state index contributed by atoms with van der Waals surface area (Å²) in [5, 5.41) is 0. The Bertz CT molecular complexity index is 802. The first-order valence-corrected chi connectivity index (χ1v) is 12.7. The molecule has 0 N–H and O–H groups in total. The van der Waals surface area contributed by atoms with Crippen LogP contribution in [0.25, 0.3) is 0 Å². The van der Waals surface area contributed by atoms with Gasteiger partial charge in [0.15, 0.2) is 0 Å². The van der Waals surface area contributed by atoms with Gasteiger partial charge in [0.2, 0.25) is 0 Å². The highest BCUT2D eigenvalue weighted by Gasteiger charge is 2.22. The first-order valence-electron chi connectivity index (χ1n) is 12.7. The average Bonchev–Trinajstić information content (AvgIpc) is 2.65. The number of hydrogen-bond acceptors (Lipinski definition) is 0. The standard InChI is InChI=1S/C31H48/c1-18(2)24-13-26(30(22(9)10)28(16-24)20(5)6)15-27-14-25(19(3)4)17-29(21(7)8)31(27)23(11)12/h13-14,16-23H,15H2,1-12H3. The van der Waals surface area contributed by atoms with Crippen molar-refractivity contribution >= 4 is 0 Å². The normalized spacial score (nSPS) is 12.5. The summed E-state index contributed by atoms with van der Waals surface area (Å²) in [5.74, 6) is 3.27. The maximum Gasteiger partial charge on any atom is -0.00197 e. The molecule has 0 atom stereocenters. The van der Waals surface area contributed by atoms with Crippen LogP contribution in [0.1, 0.15) is 163 Å². The van der Waals surface area contributed by atoms with Crippen LogP contribution >= 0.6 is 0 Å². The van der Waals surface area contributed by atoms with Crippen molar-refractivity contribution in [2.45, 2.75) is 125 Å². The van der Waals surface area contributed by atoms with Crippen molar-refractivity contribution in [1.82, 2.24) is 0 Å². The molecular formula is C31H48. The second kappa shape index (κ2) is 10.4. The zero-order valence-corrected chi connectivity index (χ0v) is 22.5. The molecule has 0 spiro atoms. The molecule has 0 aliphatic rings. The van der Waals surface area contributed by atoms with Gasteiger partial charge >= 0.3 is 0 Å². The van der Waals surface area contributed by atoms with E-state index < -0.39 is 0 Å². The van der Waals surface area contributed by atoms with Crippen molar-refractivity contribution in [3.05, 3.63) is 68.8 Å². The molecule has 0 amide bonds. The molecule has 0 nitrogen and oxygen atoms in total. The van der Waals surface area contributed by atoms with E-state index in [4.69, 9.17) is 0 Å². The molecule has 2 aromatic rings. The van der Waals surface area contributed by atoms with Gasteiger partial charge in [-0.05, 0) is 86.4 Å². The molecule has 0 heterocycles. The van der Waals surface area contributed by atoms with Crippen LogP contribution in [0, 0.1) is 0 Å². The fraction of sp³-hybridized carbons (Fsp3) is 0.613. The van der Waals surface area contributed by atoms with E-state index in [1.165, 1.54) is 11.1 Å². The van der Waals surface area contributed by atoms with Crippen LogP contribution in [0.3, 0.4) is 0 Å². The van der Waals surface area contributed by atoms with Crippen LogP contribution in [0.15, 0.2) is 24.3 Å². The Labute approximate surface area is 193 Å². The summed E-state index contributed by atoms with van der Waals surface area (Å²) in [4.78, 5) is 0. The summed E-state index contributed by atoms with van der Waals surface area (Å²) in [7, 11) is 0. The van der Waals surface area contributed by atoms with Crippen LogP contribution in [-0.4, -0.2) is 0 Å². The van der Waals surface area contributed by atoms with E-state index in [0.29, 0.717) is 35.5 Å². The summed E-state index contributed by atoms with van der Waals surface area (Å²) in [5.41, 5.74) is 12.3. The minimum atomic E-state index is 0.536. The topological polar surface area (TPSA) is 0 Å². The quantitative estimate of drug-likeness (QED) is 0.398. The maximum atomic E-state index is 2.52. The molecule has 0 radical (unpaired) electrons. The lowest BCUT2D eigenvalue weighted by Gasteiger charge is -2.27. The summed E-state index contributed by atoms with van der Waals surface area (Å²) in [6, 6.07) is 10.0. The van der Waals surface area contributed by atoms with Crippen molar-refractivity contribution < 1.29 is 0 Å². The molecule has 0 aromatic heterocycles. The van der Waals surface area contributed by atoms with Crippen LogP contribution in [0.4, 0.5) is 0 Å². The fourth-order valence-corrected chi connectivity index (χ4v) is 5.05. The van der Waals surface area contributed by atoms with Crippen molar-refractivity contribution in [1.29, 1.82) is 0 Å². The van der Waals surface area contributed by atoms with Gasteiger partial charge in [0, 0.05) is 0 Å². The molecule has 0 bridgehead atoms. The van der Waals surface area contributed by atoms with E-state index in [1.54, 1.807) is 33.4 Å². The van der Waals surface area contributed by atoms with E-state index in [-0.39, 0.29) is 0 Å². The Morgan fingerprint density at radius 2 is 0.742 bits per heavy atom. The zero-order chi connectivity index (χ0) is 23.6. The molecule has 0 saturated carbocycles. The fourth-order valence-electron chi connectivity index (χ4n) is 5.05. The van der Waals surface area contributed by atoms with Crippen molar-refractivity contribution in [3.63, 3.8) is 0 Å². The third-order valence-corrected chi connectivity index (χ3v) is 6.75. The summed E-state index contributed by atoms with van der Waals surface area (Å²) in [6.45, 7) is 28.2. The van der Waals surface area contributed by atoms with Gasteiger partial charge < -0.3 is 0 Å². The van der Waals surface area contributed by atoms with E-state index in [2.05, 4.69) is 107 Å². The van der Waals surface area contributed by atoms with Gasteiger partial charge in [-0.3, -0.25) is 0 Å². The van der Waals surface area contributed by atoms with E-state index in [9.17, 15) is 0 Å². The first-order chi connectivity index (χ1) is 14.3. The minimum absolute atomic E-state index is 0.536. The lowest BCUT2D eigenvalue weighted by Crippen LogP contribution is -2.11. The number of rotatable bonds is 8. The Morgan fingerprint density at radius 3 is 0.968 bits per heavy atom. The molecule has 0 unspecified atom stereocenters. The first kappa shape index (κ1) is 25.7. The lowest BCUT2D eigenvalue weighted by molar-refractivity contribution is 0.752. The third-order valence-electron chi connectivity index (χ3n) is 6.75. The van der Waals surface area contributed by atoms with Gasteiger partial charge in [0.05, 0.1) is 0 Å². The van der Waals surface area contributed by atoms with Crippen molar-refractivity contribution in [2.24, 2.45) is 0 Å². The molecule has 0 saturated heterocycles. The Kier molecular flexibility index (Phi) is 8.60. The van der Waals surface area contributed by atoms with Gasteiger partial charge in [-0.15, -0.1) is 0 Å². The third kappa shape index (κ3) is 5.82. The van der Waals surface area contributed by atoms with Gasteiger partial charge in [-0.1, -0.05) is 107 Å². The van der Waals surface area contributed by atoms with E-state index in [0.717, 1.165) is 6.42 Å². The van der Waals surface area contributed by atoms with Crippen molar-refractivity contribution in [2.75, 3.05) is 0 Å². The van der Waals surface area contributed by atoms with Crippen molar-refractivity contribution in [3.8, 4) is 0 Å². The Hall–Kier alpha value is -1.56. The van der Waals surface area contributed by atoms with E-state index >= 15 is 0 Å². The highest BCUT2D eigenvalue weighted by atomic mass is 14.3. The number of benzene rings is 2. The molecule has 2 rings (SSSR count). The minimum Gasteiger partial charge on any atom is -0.0587 e. The van der Waals surface area contributed by atoms with Gasteiger partial charge in [0.1, 0.15) is 0 Å². The molecule has 2 aromatic carbocycles. The molecule has 172 valence electrons. The molecule has 31 heavy (non-hydrogen) atoms. The van der Waals surface area contributed by atoms with Crippen LogP contribution in [0.2, 0.25) is 0 Å². The SMILES string of the molecule is CC(C)c1cc(Cc2cc(C(C)C)cc(C(C)C)c2C(C)C)c(C(C)C)c(C(C)C)c1. The van der Waals surface area contributed by atoms with Crippen LogP contribution < -0.4 is 0 Å². The van der Waals surface area contributed by atoms with Gasteiger partial charge in [0.25, 0.3) is 0 Å². The molecule has 0 fully saturated rings. The Balaban J connectivity index is 2.82. The smallest absolute Gasteiger partial charge is 0.00197 e. The van der Waals surface area contributed by atoms with Gasteiger partial charge in [-0.25, -0.2) is 0 Å². The summed E-state index contributed by atoms with van der Waals surface area (Å²) < 4.78 is 0. The van der Waals surface area contributed by atoms with Gasteiger partial charge in [-0.2, -0.15) is 0 Å². The maximum absolute atomic E-state index is 2.52. The molecule has 0 aliphatic carbocycles. The largest absolute Gasteiger partial charge is 0.0587 e. The lowest BCUT2D eigenvalue weighted by atomic mass is 9.78. The van der Waals surface area contributed by atoms with Crippen LogP contribution in [-0.2, 0) is 6.42 Å². The zero-order valence-electron chi connectivity index (χ0n) is 22.5.